The molecule has 0 radical (unpaired) electrons. The van der Waals surface area contributed by atoms with Gasteiger partial charge in [-0.3, -0.25) is 9.18 Å². The molecule has 2 aromatic carbocycles. The van der Waals surface area contributed by atoms with E-state index in [1.54, 1.807) is 6.92 Å². The molecule has 0 saturated heterocycles. The summed E-state index contributed by atoms with van der Waals surface area (Å²) in [5.41, 5.74) is 3.47. The zero-order valence-electron chi connectivity index (χ0n) is 25.9. The summed E-state index contributed by atoms with van der Waals surface area (Å²) in [6.07, 6.45) is 12.8. The number of ether oxygens (including phenoxy) is 1. The summed E-state index contributed by atoms with van der Waals surface area (Å²) in [4.78, 5) is 21.2. The molecule has 0 amide bonds. The van der Waals surface area contributed by atoms with Crippen LogP contribution in [0.3, 0.4) is 0 Å². The molecule has 43 heavy (non-hydrogen) atoms. The molecule has 1 atom stereocenters. The Morgan fingerprint density at radius 1 is 0.930 bits per heavy atom. The highest BCUT2D eigenvalue weighted by molar-refractivity contribution is 5.87. The zero-order chi connectivity index (χ0) is 31.2. The Balaban J connectivity index is 0.000000934. The number of allylic oxidation sites excluding steroid dienone is 1. The first kappa shape index (κ1) is 34.7. The van der Waals surface area contributed by atoms with Crippen molar-refractivity contribution in [2.24, 2.45) is 17.8 Å². The highest BCUT2D eigenvalue weighted by atomic mass is 19.1. The number of carbonyl (C=O) groups is 2. The van der Waals surface area contributed by atoms with Crippen LogP contribution in [0.1, 0.15) is 101 Å². The van der Waals surface area contributed by atoms with Crippen molar-refractivity contribution in [2.45, 2.75) is 89.4 Å². The van der Waals surface area contributed by atoms with E-state index in [9.17, 15) is 19.1 Å². The lowest BCUT2D eigenvalue weighted by molar-refractivity contribution is -0.142. The predicted octanol–water partition coefficient (Wildman–Crippen LogP) is 7.99. The van der Waals surface area contributed by atoms with Crippen LogP contribution in [0.4, 0.5) is 4.39 Å². The molecule has 0 heterocycles. The van der Waals surface area contributed by atoms with E-state index < -0.39 is 12.6 Å². The van der Waals surface area contributed by atoms with E-state index in [-0.39, 0.29) is 31.4 Å². The molecule has 0 bridgehead atoms. The maximum Gasteiger partial charge on any atom is 0.335 e. The van der Waals surface area contributed by atoms with E-state index >= 15 is 0 Å². The number of aliphatic hydroxyl groups is 2. The van der Waals surface area contributed by atoms with Crippen LogP contribution in [-0.4, -0.2) is 49.0 Å². The number of carbonyl (C=O) groups excluding carboxylic acids is 2. The fourth-order valence-corrected chi connectivity index (χ4v) is 6.71. The van der Waals surface area contributed by atoms with Crippen molar-refractivity contribution in [3.8, 4) is 0 Å². The molecule has 2 saturated carbocycles. The third kappa shape index (κ3) is 10.7. The van der Waals surface area contributed by atoms with E-state index in [1.807, 2.05) is 0 Å². The third-order valence-electron chi connectivity index (χ3n) is 9.46. The molecule has 0 spiro atoms. The number of fused-ring (bicyclic) bond motifs is 1. The lowest BCUT2D eigenvalue weighted by Crippen LogP contribution is -2.29. The number of hydrogen-bond donors (Lipinski definition) is 2. The van der Waals surface area contributed by atoms with Crippen LogP contribution in [-0.2, 0) is 14.3 Å². The molecular formula is C37H51FO5. The van der Waals surface area contributed by atoms with Crippen LogP contribution >= 0.6 is 0 Å². The van der Waals surface area contributed by atoms with Crippen molar-refractivity contribution in [1.29, 1.82) is 0 Å². The third-order valence-corrected chi connectivity index (χ3v) is 9.46. The van der Waals surface area contributed by atoms with Crippen LogP contribution in [0, 0.1) is 17.8 Å². The summed E-state index contributed by atoms with van der Waals surface area (Å²) in [6, 6.07) is 14.0. The summed E-state index contributed by atoms with van der Waals surface area (Å²) in [5.74, 6) is 1.60. The SMILES string of the molecule is C=C(C)C=O.C=C(CO)C(=O)OCC(CO)C1CCC(c2ccc3cc(C4CCC(CCCCF)CC4)ccc3c2)CC1. The number of aldehydes is 1. The Morgan fingerprint density at radius 3 is 1.93 bits per heavy atom. The van der Waals surface area contributed by atoms with Crippen LogP contribution in [0.5, 0.6) is 0 Å². The number of halogens is 1. The maximum atomic E-state index is 12.4. The Labute approximate surface area is 257 Å². The standard InChI is InChI=1S/C33H45FO4.C4H6O/c1-23(20-35)33(37)38-22-32(21-36)27-11-9-26(10-12-27)29-14-16-30-18-28(13-15-31(30)19-29)25-7-5-24(6-8-25)4-2-3-17-34;1-4(2)3-5/h13-16,18-19,24-27,32,35-36H,1-12,17,20-22H2;3H,1H2,2H3. The van der Waals surface area contributed by atoms with Crippen LogP contribution in [0.15, 0.2) is 60.7 Å². The largest absolute Gasteiger partial charge is 0.462 e. The van der Waals surface area contributed by atoms with Gasteiger partial charge in [0.25, 0.3) is 0 Å². The Morgan fingerprint density at radius 2 is 1.47 bits per heavy atom. The zero-order valence-corrected chi connectivity index (χ0v) is 25.9. The minimum absolute atomic E-state index is 0.00663. The number of benzene rings is 2. The summed E-state index contributed by atoms with van der Waals surface area (Å²) < 4.78 is 17.7. The van der Waals surface area contributed by atoms with Gasteiger partial charge in [0.2, 0.25) is 0 Å². The first-order valence-electron chi connectivity index (χ1n) is 16.1. The monoisotopic (exact) mass is 594 g/mol. The van der Waals surface area contributed by atoms with Gasteiger partial charge in [0, 0.05) is 12.5 Å². The van der Waals surface area contributed by atoms with Crippen molar-refractivity contribution in [2.75, 3.05) is 26.5 Å². The van der Waals surface area contributed by atoms with Gasteiger partial charge in [0.1, 0.15) is 6.29 Å². The molecule has 6 heteroatoms. The topological polar surface area (TPSA) is 83.8 Å². The molecule has 4 rings (SSSR count). The highest BCUT2D eigenvalue weighted by Gasteiger charge is 2.29. The molecule has 236 valence electrons. The Bertz CT molecular complexity index is 1190. The minimum Gasteiger partial charge on any atom is -0.462 e. The van der Waals surface area contributed by atoms with Gasteiger partial charge < -0.3 is 14.9 Å². The first-order chi connectivity index (χ1) is 20.8. The average molecular weight is 595 g/mol. The molecule has 0 aliphatic heterocycles. The summed E-state index contributed by atoms with van der Waals surface area (Å²) in [5, 5.41) is 21.5. The maximum absolute atomic E-state index is 12.4. The second-order valence-electron chi connectivity index (χ2n) is 12.6. The number of unbranched alkanes of at least 4 members (excludes halogenated alkanes) is 1. The van der Waals surface area contributed by atoms with Crippen molar-refractivity contribution in [3.05, 3.63) is 71.8 Å². The lowest BCUT2D eigenvalue weighted by atomic mass is 9.74. The number of esters is 1. The first-order valence-corrected chi connectivity index (χ1v) is 16.1. The van der Waals surface area contributed by atoms with Gasteiger partial charge in [-0.1, -0.05) is 62.4 Å². The highest BCUT2D eigenvalue weighted by Crippen LogP contribution is 2.41. The lowest BCUT2D eigenvalue weighted by Gasteiger charge is -2.33. The molecule has 1 unspecified atom stereocenters. The molecule has 2 N–H and O–H groups in total. The predicted molar refractivity (Wildman–Crippen MR) is 172 cm³/mol. The second-order valence-corrected chi connectivity index (χ2v) is 12.6. The van der Waals surface area contributed by atoms with Crippen LogP contribution < -0.4 is 0 Å². The van der Waals surface area contributed by atoms with Gasteiger partial charge >= 0.3 is 5.97 Å². The van der Waals surface area contributed by atoms with Crippen molar-refractivity contribution in [3.63, 3.8) is 0 Å². The molecule has 2 fully saturated rings. The molecule has 2 aliphatic carbocycles. The van der Waals surface area contributed by atoms with Gasteiger partial charge in [-0.2, -0.15) is 0 Å². The van der Waals surface area contributed by atoms with Crippen molar-refractivity contribution >= 4 is 23.0 Å². The quantitative estimate of drug-likeness (QED) is 0.106. The van der Waals surface area contributed by atoms with Crippen molar-refractivity contribution in [1.82, 2.24) is 0 Å². The summed E-state index contributed by atoms with van der Waals surface area (Å²) in [6.45, 7) is 8.04. The number of rotatable bonds is 13. The van der Waals surface area contributed by atoms with Gasteiger partial charge in [-0.15, -0.1) is 0 Å². The average Bonchev–Trinajstić information content (AvgIpc) is 3.05. The van der Waals surface area contributed by atoms with E-state index in [2.05, 4.69) is 49.6 Å². The Kier molecular flexibility index (Phi) is 14.6. The molecule has 2 aliphatic rings. The molecule has 5 nitrogen and oxygen atoms in total. The van der Waals surface area contributed by atoms with E-state index in [1.165, 1.54) is 54.0 Å². The second kappa shape index (κ2) is 18.1. The Hall–Kier alpha value is -2.83. The smallest absolute Gasteiger partial charge is 0.335 e. The fourth-order valence-electron chi connectivity index (χ4n) is 6.71. The molecule has 2 aromatic rings. The van der Waals surface area contributed by atoms with Gasteiger partial charge in [0.05, 0.1) is 25.5 Å². The van der Waals surface area contributed by atoms with Crippen molar-refractivity contribution < 1.29 is 28.9 Å². The number of alkyl halides is 1. The van der Waals surface area contributed by atoms with E-state index in [0.29, 0.717) is 23.3 Å². The minimum atomic E-state index is -0.586. The van der Waals surface area contributed by atoms with Crippen LogP contribution in [0.2, 0.25) is 0 Å². The normalized spacial score (nSPS) is 22.6. The van der Waals surface area contributed by atoms with E-state index in [0.717, 1.165) is 50.7 Å². The van der Waals surface area contributed by atoms with E-state index in [4.69, 9.17) is 9.84 Å². The van der Waals surface area contributed by atoms with Gasteiger partial charge in [-0.25, -0.2) is 4.79 Å². The fraction of sp³-hybridized carbons (Fsp3) is 0.568. The van der Waals surface area contributed by atoms with Gasteiger partial charge in [-0.05, 0) is 116 Å². The molecular weight excluding hydrogens is 543 g/mol. The summed E-state index contributed by atoms with van der Waals surface area (Å²) in [7, 11) is 0. The number of aliphatic hydroxyl groups excluding tert-OH is 2. The summed E-state index contributed by atoms with van der Waals surface area (Å²) >= 11 is 0. The van der Waals surface area contributed by atoms with Gasteiger partial charge in [0.15, 0.2) is 0 Å². The number of hydrogen-bond acceptors (Lipinski definition) is 5. The molecule has 0 aromatic heterocycles. The van der Waals surface area contributed by atoms with Crippen LogP contribution in [0.25, 0.3) is 10.8 Å².